The molecule has 1 aromatic carbocycles. The van der Waals surface area contributed by atoms with Crippen molar-refractivity contribution in [3.8, 4) is 11.5 Å². The molecular formula is C20H24BrNO6S. The molecule has 9 heteroatoms. The zero-order valence-electron chi connectivity index (χ0n) is 16.8. The summed E-state index contributed by atoms with van der Waals surface area (Å²) in [6.07, 6.45) is 2.44. The maximum atomic E-state index is 12.5. The second-order valence-electron chi connectivity index (χ2n) is 6.17. The Kier molecular flexibility index (Phi) is 8.58. The molecule has 0 aromatic heterocycles. The third kappa shape index (κ3) is 5.99. The summed E-state index contributed by atoms with van der Waals surface area (Å²) in [5.41, 5.74) is 0.665. The number of nitrogens with zero attached hydrogens (tertiary/aromatic N) is 1. The van der Waals surface area contributed by atoms with Crippen LogP contribution in [0.15, 0.2) is 21.5 Å². The Hall–Kier alpha value is -2.00. The number of rotatable bonds is 9. The van der Waals surface area contributed by atoms with Gasteiger partial charge < -0.3 is 14.2 Å². The van der Waals surface area contributed by atoms with Gasteiger partial charge in [-0.1, -0.05) is 6.92 Å². The molecular weight excluding hydrogens is 462 g/mol. The van der Waals surface area contributed by atoms with E-state index in [0.29, 0.717) is 28.1 Å². The first kappa shape index (κ1) is 23.3. The van der Waals surface area contributed by atoms with Crippen molar-refractivity contribution in [2.24, 2.45) is 0 Å². The number of imide groups is 1. The second kappa shape index (κ2) is 10.7. The summed E-state index contributed by atoms with van der Waals surface area (Å²) in [6, 6.07) is 3.55. The summed E-state index contributed by atoms with van der Waals surface area (Å²) in [6.45, 7) is 7.76. The van der Waals surface area contributed by atoms with E-state index in [1.54, 1.807) is 25.1 Å². The van der Waals surface area contributed by atoms with Crippen molar-refractivity contribution >= 4 is 50.9 Å². The summed E-state index contributed by atoms with van der Waals surface area (Å²) in [5, 5.41) is -0.505. The fraction of sp³-hybridized carbons (Fsp3) is 0.450. The summed E-state index contributed by atoms with van der Waals surface area (Å²) in [5.74, 6) is -0.0148. The van der Waals surface area contributed by atoms with Crippen LogP contribution >= 0.6 is 27.7 Å². The fourth-order valence-electron chi connectivity index (χ4n) is 2.46. The molecule has 0 unspecified atom stereocenters. The standard InChI is InChI=1S/C20H24BrNO6S/c1-5-12(4)28-18-14(21)8-13(9-15(18)26-6-2)10-16-19(24)22(20(25)29-16)11-17(23)27-7-3/h8-10,12H,5-7,11H2,1-4H3/b16-10+/t12-/m1/s1. The van der Waals surface area contributed by atoms with Gasteiger partial charge >= 0.3 is 5.97 Å². The Morgan fingerprint density at radius 2 is 1.97 bits per heavy atom. The Labute approximate surface area is 182 Å². The average molecular weight is 486 g/mol. The molecule has 1 fully saturated rings. The molecule has 0 bridgehead atoms. The molecule has 7 nitrogen and oxygen atoms in total. The number of hydrogen-bond acceptors (Lipinski definition) is 7. The molecule has 1 saturated heterocycles. The normalized spacial score (nSPS) is 16.3. The highest BCUT2D eigenvalue weighted by molar-refractivity contribution is 9.10. The first-order valence-corrected chi connectivity index (χ1v) is 11.0. The Balaban J connectivity index is 2.30. The molecule has 1 aliphatic rings. The third-order valence-electron chi connectivity index (χ3n) is 3.99. The van der Waals surface area contributed by atoms with Crippen LogP contribution in [0.2, 0.25) is 0 Å². The molecule has 0 saturated carbocycles. The van der Waals surface area contributed by atoms with Crippen LogP contribution in [0.3, 0.4) is 0 Å². The predicted molar refractivity (Wildman–Crippen MR) is 115 cm³/mol. The Bertz CT molecular complexity index is 825. The van der Waals surface area contributed by atoms with Crippen molar-refractivity contribution in [3.05, 3.63) is 27.1 Å². The van der Waals surface area contributed by atoms with Gasteiger partial charge in [0.05, 0.1) is 28.7 Å². The largest absolute Gasteiger partial charge is 0.490 e. The van der Waals surface area contributed by atoms with Crippen molar-refractivity contribution < 1.29 is 28.6 Å². The van der Waals surface area contributed by atoms with Gasteiger partial charge in [0.15, 0.2) is 11.5 Å². The smallest absolute Gasteiger partial charge is 0.326 e. The summed E-state index contributed by atoms with van der Waals surface area (Å²) in [7, 11) is 0. The molecule has 29 heavy (non-hydrogen) atoms. The minimum Gasteiger partial charge on any atom is -0.490 e. The van der Waals surface area contributed by atoms with Gasteiger partial charge in [-0.3, -0.25) is 19.3 Å². The predicted octanol–water partition coefficient (Wildman–Crippen LogP) is 4.62. The summed E-state index contributed by atoms with van der Waals surface area (Å²) in [4.78, 5) is 37.4. The number of benzene rings is 1. The van der Waals surface area contributed by atoms with Gasteiger partial charge in [-0.05, 0) is 78.7 Å². The molecule has 1 heterocycles. The maximum absolute atomic E-state index is 12.5. The highest BCUT2D eigenvalue weighted by Gasteiger charge is 2.36. The molecule has 0 N–H and O–H groups in total. The van der Waals surface area contributed by atoms with Gasteiger partial charge in [0, 0.05) is 0 Å². The van der Waals surface area contributed by atoms with E-state index >= 15 is 0 Å². The van der Waals surface area contributed by atoms with Gasteiger partial charge in [0.25, 0.3) is 11.1 Å². The quantitative estimate of drug-likeness (QED) is 0.372. The van der Waals surface area contributed by atoms with E-state index < -0.39 is 23.7 Å². The fourth-order valence-corrected chi connectivity index (χ4v) is 3.85. The van der Waals surface area contributed by atoms with Crippen molar-refractivity contribution in [2.75, 3.05) is 19.8 Å². The van der Waals surface area contributed by atoms with Gasteiger partial charge in [0.1, 0.15) is 6.54 Å². The van der Waals surface area contributed by atoms with Crippen LogP contribution in [0.25, 0.3) is 6.08 Å². The van der Waals surface area contributed by atoms with E-state index in [0.717, 1.165) is 23.1 Å². The van der Waals surface area contributed by atoms with Crippen LogP contribution in [-0.2, 0) is 14.3 Å². The monoisotopic (exact) mass is 485 g/mol. The molecule has 0 aliphatic carbocycles. The minimum absolute atomic E-state index is 0.00994. The first-order chi connectivity index (χ1) is 13.8. The SMILES string of the molecule is CCOC(=O)CN1C(=O)S/C(=C/c2cc(Br)c(O[C@H](C)CC)c(OCC)c2)C1=O. The number of amides is 2. The second-order valence-corrected chi connectivity index (χ2v) is 8.02. The van der Waals surface area contributed by atoms with E-state index in [-0.39, 0.29) is 17.6 Å². The lowest BCUT2D eigenvalue weighted by Gasteiger charge is -2.18. The van der Waals surface area contributed by atoms with E-state index in [2.05, 4.69) is 15.9 Å². The van der Waals surface area contributed by atoms with E-state index in [4.69, 9.17) is 14.2 Å². The van der Waals surface area contributed by atoms with Crippen molar-refractivity contribution in [2.45, 2.75) is 40.2 Å². The Morgan fingerprint density at radius 3 is 2.59 bits per heavy atom. The van der Waals surface area contributed by atoms with Crippen molar-refractivity contribution in [3.63, 3.8) is 0 Å². The van der Waals surface area contributed by atoms with Gasteiger partial charge in [-0.15, -0.1) is 0 Å². The third-order valence-corrected chi connectivity index (χ3v) is 5.49. The zero-order valence-corrected chi connectivity index (χ0v) is 19.2. The van der Waals surface area contributed by atoms with Crippen LogP contribution in [0, 0.1) is 0 Å². The minimum atomic E-state index is -0.621. The maximum Gasteiger partial charge on any atom is 0.326 e. The number of carbonyl (C=O) groups excluding carboxylic acids is 3. The van der Waals surface area contributed by atoms with Gasteiger partial charge in [-0.25, -0.2) is 0 Å². The molecule has 158 valence electrons. The number of carbonyl (C=O) groups is 3. The lowest BCUT2D eigenvalue weighted by atomic mass is 10.1. The number of ether oxygens (including phenoxy) is 3. The average Bonchev–Trinajstić information content (AvgIpc) is 2.92. The van der Waals surface area contributed by atoms with E-state index in [1.165, 1.54) is 0 Å². The molecule has 2 rings (SSSR count). The topological polar surface area (TPSA) is 82.1 Å². The van der Waals surface area contributed by atoms with Crippen molar-refractivity contribution in [1.82, 2.24) is 4.90 Å². The summed E-state index contributed by atoms with van der Waals surface area (Å²) >= 11 is 4.28. The Morgan fingerprint density at radius 1 is 1.24 bits per heavy atom. The lowest BCUT2D eigenvalue weighted by Crippen LogP contribution is -2.34. The molecule has 1 aromatic rings. The van der Waals surface area contributed by atoms with Crippen LogP contribution < -0.4 is 9.47 Å². The van der Waals surface area contributed by atoms with Crippen LogP contribution in [0.1, 0.15) is 39.7 Å². The number of hydrogen-bond donors (Lipinski definition) is 0. The number of thioether (sulfide) groups is 1. The van der Waals surface area contributed by atoms with E-state index in [9.17, 15) is 14.4 Å². The lowest BCUT2D eigenvalue weighted by molar-refractivity contribution is -0.145. The van der Waals surface area contributed by atoms with Crippen LogP contribution in [-0.4, -0.2) is 47.9 Å². The van der Waals surface area contributed by atoms with Gasteiger partial charge in [0.2, 0.25) is 0 Å². The number of halogens is 1. The molecule has 2 amide bonds. The molecule has 1 atom stereocenters. The molecule has 0 radical (unpaired) electrons. The highest BCUT2D eigenvalue weighted by atomic mass is 79.9. The van der Waals surface area contributed by atoms with Crippen molar-refractivity contribution in [1.29, 1.82) is 0 Å². The summed E-state index contributed by atoms with van der Waals surface area (Å²) < 4.78 is 17.1. The highest BCUT2D eigenvalue weighted by Crippen LogP contribution is 2.40. The van der Waals surface area contributed by atoms with Gasteiger partial charge in [-0.2, -0.15) is 0 Å². The van der Waals surface area contributed by atoms with Crippen LogP contribution in [0.5, 0.6) is 11.5 Å². The molecule has 0 spiro atoms. The van der Waals surface area contributed by atoms with Crippen LogP contribution in [0.4, 0.5) is 4.79 Å². The molecule has 1 aliphatic heterocycles. The van der Waals surface area contributed by atoms with E-state index in [1.807, 2.05) is 20.8 Å². The zero-order chi connectivity index (χ0) is 21.6. The number of esters is 1. The first-order valence-electron chi connectivity index (χ1n) is 9.34.